The summed E-state index contributed by atoms with van der Waals surface area (Å²) < 4.78 is 22.2. The van der Waals surface area contributed by atoms with Gasteiger partial charge in [0.1, 0.15) is 0 Å². The van der Waals surface area contributed by atoms with Gasteiger partial charge < -0.3 is 5.53 Å². The van der Waals surface area contributed by atoms with Gasteiger partial charge in [-0.1, -0.05) is 19.1 Å². The van der Waals surface area contributed by atoms with Crippen LogP contribution in [0.4, 0.5) is 0 Å². The second-order valence-corrected chi connectivity index (χ2v) is 6.80. The van der Waals surface area contributed by atoms with Crippen molar-refractivity contribution in [1.82, 2.24) is 0 Å². The molecule has 112 valence electrons. The first kappa shape index (κ1) is 17.2. The summed E-state index contributed by atoms with van der Waals surface area (Å²) in [7, 11) is 1.41. The fourth-order valence-corrected chi connectivity index (χ4v) is 2.40. The van der Waals surface area contributed by atoms with E-state index < -0.39 is 26.3 Å². The molecular weight excluding hydrogens is 316 g/mol. The van der Waals surface area contributed by atoms with Gasteiger partial charge in [-0.3, -0.25) is 9.59 Å². The first-order valence-electron chi connectivity index (χ1n) is 6.11. The third kappa shape index (κ3) is 4.90. The lowest BCUT2D eigenvalue weighted by atomic mass is 10.0. The first-order chi connectivity index (χ1) is 9.79. The van der Waals surface area contributed by atoms with Gasteiger partial charge in [0.05, 0.1) is 4.90 Å². The number of nitrogens with zero attached hydrogens (tertiary/aromatic N) is 2. The zero-order valence-electron chi connectivity index (χ0n) is 11.2. The van der Waals surface area contributed by atoms with Gasteiger partial charge in [-0.15, -0.1) is 0 Å². The van der Waals surface area contributed by atoms with Crippen LogP contribution in [0.2, 0.25) is 0 Å². The Hall–Kier alpha value is -1.82. The van der Waals surface area contributed by atoms with Gasteiger partial charge in [0, 0.05) is 23.5 Å². The molecule has 1 aromatic rings. The van der Waals surface area contributed by atoms with Crippen LogP contribution >= 0.6 is 10.7 Å². The van der Waals surface area contributed by atoms with E-state index in [0.717, 1.165) is 0 Å². The summed E-state index contributed by atoms with van der Waals surface area (Å²) in [5.41, 5.74) is 8.93. The van der Waals surface area contributed by atoms with Gasteiger partial charge in [-0.05, 0) is 24.1 Å². The lowest BCUT2D eigenvalue weighted by Gasteiger charge is -2.01. The molecule has 0 aromatic heterocycles. The van der Waals surface area contributed by atoms with Crippen LogP contribution in [0.25, 0.3) is 5.53 Å². The maximum Gasteiger partial charge on any atom is 0.400 e. The van der Waals surface area contributed by atoms with Crippen molar-refractivity contribution in [2.75, 3.05) is 0 Å². The normalized spacial score (nSPS) is 10.8. The average Bonchev–Trinajstić information content (AvgIpc) is 2.45. The van der Waals surface area contributed by atoms with E-state index in [1.165, 1.54) is 24.3 Å². The van der Waals surface area contributed by atoms with Crippen molar-refractivity contribution in [2.45, 2.75) is 31.1 Å². The zero-order chi connectivity index (χ0) is 16.0. The van der Waals surface area contributed by atoms with E-state index in [0.29, 0.717) is 5.56 Å². The topological polar surface area (TPSA) is 105 Å². The van der Waals surface area contributed by atoms with Crippen molar-refractivity contribution in [2.24, 2.45) is 0 Å². The van der Waals surface area contributed by atoms with Crippen LogP contribution in [0.1, 0.15) is 25.3 Å². The van der Waals surface area contributed by atoms with E-state index in [-0.39, 0.29) is 24.2 Å². The molecule has 0 aliphatic heterocycles. The number of carbonyl (C=O) groups excluding carboxylic acids is 2. The molecule has 6 nitrogen and oxygen atoms in total. The predicted octanol–water partition coefficient (Wildman–Crippen LogP) is 1.77. The summed E-state index contributed by atoms with van der Waals surface area (Å²) >= 11 is 0. The highest BCUT2D eigenvalue weighted by Gasteiger charge is 2.26. The Bertz CT molecular complexity index is 704. The van der Waals surface area contributed by atoms with Crippen molar-refractivity contribution in [3.8, 4) is 0 Å². The fraction of sp³-hybridized carbons (Fsp3) is 0.308. The number of Topliss-reactive ketones (excluding diaryl/α,β-unsaturated/α-hetero) is 2. The van der Waals surface area contributed by atoms with Crippen LogP contribution < -0.4 is 0 Å². The summed E-state index contributed by atoms with van der Waals surface area (Å²) in [4.78, 5) is 25.8. The standard InChI is InChI=1S/C13H13ClN2O4S/c1-2-11(17)13(16-15)12(18)8-5-9-3-6-10(7-4-9)21(14,19)20/h3-4,6-7H,2,5,8H2,1H3. The zero-order valence-corrected chi connectivity index (χ0v) is 12.8. The number of carbonyl (C=O) groups is 2. The molecule has 0 spiro atoms. The Labute approximate surface area is 126 Å². The van der Waals surface area contributed by atoms with Crippen molar-refractivity contribution in [3.63, 3.8) is 0 Å². The monoisotopic (exact) mass is 328 g/mol. The number of hydrogen-bond acceptors (Lipinski definition) is 4. The number of ketones is 2. The SMILES string of the molecule is CCC(=O)C(=[N+]=[N-])C(=O)CCc1ccc(S(=O)(=O)Cl)cc1. The molecule has 0 saturated heterocycles. The molecule has 1 rings (SSSR count). The Morgan fingerprint density at radius 1 is 1.19 bits per heavy atom. The van der Waals surface area contributed by atoms with E-state index in [4.69, 9.17) is 16.2 Å². The van der Waals surface area contributed by atoms with Crippen LogP contribution in [0, 0.1) is 0 Å². The highest BCUT2D eigenvalue weighted by Crippen LogP contribution is 2.16. The van der Waals surface area contributed by atoms with Gasteiger partial charge in [-0.25, -0.2) is 8.42 Å². The largest absolute Gasteiger partial charge is 0.400 e. The van der Waals surface area contributed by atoms with Gasteiger partial charge in [0.15, 0.2) is 0 Å². The summed E-state index contributed by atoms with van der Waals surface area (Å²) in [6.45, 7) is 1.56. The summed E-state index contributed by atoms with van der Waals surface area (Å²) in [6, 6.07) is 5.72. The fourth-order valence-electron chi connectivity index (χ4n) is 1.63. The van der Waals surface area contributed by atoms with Crippen molar-refractivity contribution >= 4 is 37.0 Å². The van der Waals surface area contributed by atoms with Crippen LogP contribution in [-0.4, -0.2) is 30.5 Å². The minimum absolute atomic E-state index is 0.0158. The number of rotatable bonds is 7. The Kier molecular flexibility index (Phi) is 5.96. The second kappa shape index (κ2) is 7.26. The molecule has 21 heavy (non-hydrogen) atoms. The molecule has 0 aliphatic rings. The van der Waals surface area contributed by atoms with Crippen molar-refractivity contribution < 1.29 is 22.8 Å². The summed E-state index contributed by atoms with van der Waals surface area (Å²) in [5, 5.41) is 0. The lowest BCUT2D eigenvalue weighted by Crippen LogP contribution is -2.25. The van der Waals surface area contributed by atoms with E-state index in [1.807, 2.05) is 0 Å². The highest BCUT2D eigenvalue weighted by molar-refractivity contribution is 8.13. The molecular formula is C13H13ClN2O4S. The Morgan fingerprint density at radius 3 is 2.19 bits per heavy atom. The molecule has 0 radical (unpaired) electrons. The Balaban J connectivity index is 2.74. The molecule has 0 saturated carbocycles. The molecule has 0 N–H and O–H groups in total. The molecule has 0 unspecified atom stereocenters. The van der Waals surface area contributed by atoms with E-state index >= 15 is 0 Å². The van der Waals surface area contributed by atoms with Crippen molar-refractivity contribution in [1.29, 1.82) is 0 Å². The number of aryl methyl sites for hydroxylation is 1. The predicted molar refractivity (Wildman–Crippen MR) is 76.7 cm³/mol. The van der Waals surface area contributed by atoms with Gasteiger partial charge in [-0.2, -0.15) is 4.79 Å². The molecule has 0 aliphatic carbocycles. The highest BCUT2D eigenvalue weighted by atomic mass is 35.7. The van der Waals surface area contributed by atoms with Crippen LogP contribution in [0.5, 0.6) is 0 Å². The third-order valence-electron chi connectivity index (χ3n) is 2.79. The minimum atomic E-state index is -3.77. The van der Waals surface area contributed by atoms with Gasteiger partial charge >= 0.3 is 5.71 Å². The van der Waals surface area contributed by atoms with Gasteiger partial charge in [0.25, 0.3) is 9.05 Å². The lowest BCUT2D eigenvalue weighted by molar-refractivity contribution is -0.124. The molecule has 0 fully saturated rings. The summed E-state index contributed by atoms with van der Waals surface area (Å²) in [5.74, 6) is -1.08. The van der Waals surface area contributed by atoms with Crippen LogP contribution in [0.15, 0.2) is 29.2 Å². The average molecular weight is 329 g/mol. The van der Waals surface area contributed by atoms with Crippen molar-refractivity contribution in [3.05, 3.63) is 35.4 Å². The number of halogens is 1. The molecule has 8 heteroatoms. The van der Waals surface area contributed by atoms with Crippen LogP contribution in [0.3, 0.4) is 0 Å². The minimum Gasteiger partial charge on any atom is -0.360 e. The molecule has 0 bridgehead atoms. The smallest absolute Gasteiger partial charge is 0.360 e. The second-order valence-electron chi connectivity index (χ2n) is 4.23. The molecule has 1 aromatic carbocycles. The third-order valence-corrected chi connectivity index (χ3v) is 4.16. The summed E-state index contributed by atoms with van der Waals surface area (Å²) in [6.07, 6.45) is 0.350. The number of benzene rings is 1. The first-order valence-corrected chi connectivity index (χ1v) is 8.42. The Morgan fingerprint density at radius 2 is 1.76 bits per heavy atom. The van der Waals surface area contributed by atoms with Crippen LogP contribution in [-0.2, 0) is 25.1 Å². The van der Waals surface area contributed by atoms with Gasteiger partial charge in [0.2, 0.25) is 11.6 Å². The quantitative estimate of drug-likeness (QED) is 0.250. The van der Waals surface area contributed by atoms with E-state index in [9.17, 15) is 18.0 Å². The maximum absolute atomic E-state index is 11.7. The maximum atomic E-state index is 11.7. The van der Waals surface area contributed by atoms with E-state index in [2.05, 4.69) is 4.79 Å². The molecule has 0 atom stereocenters. The molecule has 0 amide bonds. The number of hydrogen-bond donors (Lipinski definition) is 0. The molecule has 0 heterocycles. The van der Waals surface area contributed by atoms with E-state index in [1.54, 1.807) is 6.92 Å².